The summed E-state index contributed by atoms with van der Waals surface area (Å²) in [6.45, 7) is 0.645. The number of carbonyl (C=O) groups excluding carboxylic acids is 2. The number of rotatable bonds is 7. The molecule has 2 amide bonds. The Balaban J connectivity index is 1.47. The zero-order valence-electron chi connectivity index (χ0n) is 17.9. The van der Waals surface area contributed by atoms with Crippen molar-refractivity contribution in [2.75, 3.05) is 25.2 Å². The Bertz CT molecular complexity index is 1000. The first-order valence-corrected chi connectivity index (χ1v) is 10.9. The molecule has 1 saturated carbocycles. The number of benzene rings is 2. The van der Waals surface area contributed by atoms with E-state index in [1.54, 1.807) is 47.4 Å². The zero-order chi connectivity index (χ0) is 22.5. The van der Waals surface area contributed by atoms with Crippen LogP contribution < -0.4 is 20.5 Å². The highest BCUT2D eigenvalue weighted by atomic mass is 16.7. The lowest BCUT2D eigenvalue weighted by Gasteiger charge is -2.29. The molecule has 8 heteroatoms. The fraction of sp³-hybridized carbons (Fsp3) is 0.375. The molecular formula is C24H28N4O4. The molecule has 0 spiro atoms. The molecule has 0 aromatic heterocycles. The summed E-state index contributed by atoms with van der Waals surface area (Å²) in [5, 5.41) is 10.3. The van der Waals surface area contributed by atoms with Crippen LogP contribution in [0, 0.1) is 11.3 Å². The van der Waals surface area contributed by atoms with E-state index < -0.39 is 0 Å². The summed E-state index contributed by atoms with van der Waals surface area (Å²) < 4.78 is 10.7. The number of nitrogen functional groups attached to an aromatic ring is 1. The standard InChI is InChI=1S/C24H28N4O4/c25-23(26)17-6-9-19(10-7-17)27-22(29)14-28(13-16-4-2-1-3-5-16)24(30)18-8-11-20-21(12-18)32-15-31-20/h6-12,16H,1-5,13-15H2,(H3,25,26)(H,27,29). The average Bonchev–Trinajstić information content (AvgIpc) is 3.27. The number of nitrogens with zero attached hydrogens (tertiary/aromatic N) is 1. The molecule has 1 aliphatic heterocycles. The van der Waals surface area contributed by atoms with Gasteiger partial charge in [-0.3, -0.25) is 15.0 Å². The van der Waals surface area contributed by atoms with E-state index in [1.807, 2.05) is 0 Å². The van der Waals surface area contributed by atoms with E-state index in [9.17, 15) is 9.59 Å². The third-order valence-corrected chi connectivity index (χ3v) is 5.92. The van der Waals surface area contributed by atoms with Gasteiger partial charge in [0.15, 0.2) is 11.5 Å². The lowest BCUT2D eigenvalue weighted by atomic mass is 9.89. The number of carbonyl (C=O) groups is 2. The molecule has 2 aliphatic rings. The second-order valence-corrected chi connectivity index (χ2v) is 8.30. The second-order valence-electron chi connectivity index (χ2n) is 8.30. The van der Waals surface area contributed by atoms with Crippen molar-refractivity contribution in [3.63, 3.8) is 0 Å². The fourth-order valence-corrected chi connectivity index (χ4v) is 4.22. The van der Waals surface area contributed by atoms with E-state index in [0.29, 0.717) is 40.8 Å². The number of nitrogens with one attached hydrogen (secondary N) is 2. The first-order chi connectivity index (χ1) is 15.5. The van der Waals surface area contributed by atoms with Crippen molar-refractivity contribution >= 4 is 23.3 Å². The van der Waals surface area contributed by atoms with Crippen molar-refractivity contribution in [1.29, 1.82) is 5.41 Å². The molecule has 0 atom stereocenters. The van der Waals surface area contributed by atoms with Crippen molar-refractivity contribution in [3.05, 3.63) is 53.6 Å². The highest BCUT2D eigenvalue weighted by Gasteiger charge is 2.25. The molecule has 8 nitrogen and oxygen atoms in total. The maximum absolute atomic E-state index is 13.3. The molecular weight excluding hydrogens is 408 g/mol. The van der Waals surface area contributed by atoms with E-state index in [1.165, 1.54) is 6.42 Å². The molecule has 4 rings (SSSR count). The van der Waals surface area contributed by atoms with Crippen LogP contribution >= 0.6 is 0 Å². The van der Waals surface area contributed by atoms with E-state index in [-0.39, 0.29) is 31.0 Å². The lowest BCUT2D eigenvalue weighted by Crippen LogP contribution is -2.41. The van der Waals surface area contributed by atoms with E-state index in [0.717, 1.165) is 25.7 Å². The summed E-state index contributed by atoms with van der Waals surface area (Å²) in [5.41, 5.74) is 7.13. The van der Waals surface area contributed by atoms with Gasteiger partial charge in [-0.2, -0.15) is 0 Å². The fourth-order valence-electron chi connectivity index (χ4n) is 4.22. The zero-order valence-corrected chi connectivity index (χ0v) is 17.9. The summed E-state index contributed by atoms with van der Waals surface area (Å²) in [5.74, 6) is 1.05. The van der Waals surface area contributed by atoms with E-state index >= 15 is 0 Å². The molecule has 1 heterocycles. The number of anilines is 1. The van der Waals surface area contributed by atoms with Crippen LogP contribution in [0.2, 0.25) is 0 Å². The van der Waals surface area contributed by atoms with Gasteiger partial charge in [-0.25, -0.2) is 0 Å². The van der Waals surface area contributed by atoms with E-state index in [4.69, 9.17) is 20.6 Å². The van der Waals surface area contributed by atoms with Crippen LogP contribution in [0.15, 0.2) is 42.5 Å². The minimum atomic E-state index is -0.273. The van der Waals surface area contributed by atoms with Crippen LogP contribution in [0.3, 0.4) is 0 Å². The molecule has 0 saturated heterocycles. The number of hydrogen-bond donors (Lipinski definition) is 3. The van der Waals surface area contributed by atoms with Gasteiger partial charge in [0.05, 0.1) is 0 Å². The molecule has 1 fully saturated rings. The molecule has 0 bridgehead atoms. The third kappa shape index (κ3) is 5.19. The minimum Gasteiger partial charge on any atom is -0.454 e. The molecule has 0 unspecified atom stereocenters. The van der Waals surface area contributed by atoms with Crippen LogP contribution in [0.5, 0.6) is 11.5 Å². The number of fused-ring (bicyclic) bond motifs is 1. The van der Waals surface area contributed by atoms with Crippen LogP contribution in [0.1, 0.15) is 48.0 Å². The van der Waals surface area contributed by atoms with Gasteiger partial charge in [0.1, 0.15) is 12.4 Å². The van der Waals surface area contributed by atoms with Crippen LogP contribution in [-0.4, -0.2) is 42.4 Å². The Morgan fingerprint density at radius 1 is 1.00 bits per heavy atom. The SMILES string of the molecule is N=C(N)c1ccc(NC(=O)CN(CC2CCCCC2)C(=O)c2ccc3c(c2)OCO3)cc1. The van der Waals surface area contributed by atoms with Gasteiger partial charge in [0, 0.05) is 23.4 Å². The van der Waals surface area contributed by atoms with Crippen molar-refractivity contribution in [2.45, 2.75) is 32.1 Å². The highest BCUT2D eigenvalue weighted by molar-refractivity contribution is 6.00. The first kappa shape index (κ1) is 21.7. The van der Waals surface area contributed by atoms with Crippen molar-refractivity contribution in [3.8, 4) is 11.5 Å². The number of nitrogens with two attached hydrogens (primary N) is 1. The molecule has 2 aromatic carbocycles. The van der Waals surface area contributed by atoms with E-state index in [2.05, 4.69) is 5.32 Å². The predicted molar refractivity (Wildman–Crippen MR) is 121 cm³/mol. The second kappa shape index (κ2) is 9.72. The quantitative estimate of drug-likeness (QED) is 0.454. The maximum Gasteiger partial charge on any atom is 0.254 e. The largest absolute Gasteiger partial charge is 0.454 e. The van der Waals surface area contributed by atoms with Gasteiger partial charge < -0.3 is 25.4 Å². The summed E-state index contributed by atoms with van der Waals surface area (Å²) in [4.78, 5) is 27.8. The normalized spacial score (nSPS) is 15.2. The molecule has 32 heavy (non-hydrogen) atoms. The first-order valence-electron chi connectivity index (χ1n) is 10.9. The molecule has 168 valence electrons. The molecule has 0 radical (unpaired) electrons. The minimum absolute atomic E-state index is 0.0316. The smallest absolute Gasteiger partial charge is 0.254 e. The van der Waals surface area contributed by atoms with Crippen molar-refractivity contribution in [2.24, 2.45) is 11.7 Å². The topological polar surface area (TPSA) is 118 Å². The highest BCUT2D eigenvalue weighted by Crippen LogP contribution is 2.33. The van der Waals surface area contributed by atoms with Gasteiger partial charge >= 0.3 is 0 Å². The van der Waals surface area contributed by atoms with Gasteiger partial charge in [-0.1, -0.05) is 19.3 Å². The Labute approximate surface area is 187 Å². The number of amidine groups is 1. The summed E-state index contributed by atoms with van der Waals surface area (Å²) >= 11 is 0. The van der Waals surface area contributed by atoms with Crippen molar-refractivity contribution < 1.29 is 19.1 Å². The summed E-state index contributed by atoms with van der Waals surface area (Å²) in [6, 6.07) is 11.9. The molecule has 4 N–H and O–H groups in total. The summed E-state index contributed by atoms with van der Waals surface area (Å²) in [6.07, 6.45) is 5.68. The van der Waals surface area contributed by atoms with Gasteiger partial charge in [-0.15, -0.1) is 0 Å². The molecule has 1 aliphatic carbocycles. The Morgan fingerprint density at radius 3 is 2.41 bits per heavy atom. The maximum atomic E-state index is 13.3. The number of ether oxygens (including phenoxy) is 2. The predicted octanol–water partition coefficient (Wildman–Crippen LogP) is 3.36. The lowest BCUT2D eigenvalue weighted by molar-refractivity contribution is -0.117. The number of amides is 2. The van der Waals surface area contributed by atoms with Crippen LogP contribution in [0.4, 0.5) is 5.69 Å². The van der Waals surface area contributed by atoms with Crippen molar-refractivity contribution in [1.82, 2.24) is 4.90 Å². The number of hydrogen-bond acceptors (Lipinski definition) is 5. The Kier molecular flexibility index (Phi) is 6.58. The summed E-state index contributed by atoms with van der Waals surface area (Å²) in [7, 11) is 0. The van der Waals surface area contributed by atoms with Crippen LogP contribution in [0.25, 0.3) is 0 Å². The molecule has 2 aromatic rings. The average molecular weight is 437 g/mol. The van der Waals surface area contributed by atoms with Gasteiger partial charge in [-0.05, 0) is 61.2 Å². The monoisotopic (exact) mass is 436 g/mol. The van der Waals surface area contributed by atoms with Gasteiger partial charge in [0.2, 0.25) is 12.7 Å². The van der Waals surface area contributed by atoms with Crippen LogP contribution in [-0.2, 0) is 4.79 Å². The van der Waals surface area contributed by atoms with Gasteiger partial charge in [0.25, 0.3) is 5.91 Å². The Morgan fingerprint density at radius 2 is 1.69 bits per heavy atom. The Hall–Kier alpha value is -3.55. The third-order valence-electron chi connectivity index (χ3n) is 5.92.